The molecule has 18 nitrogen and oxygen atoms in total. The van der Waals surface area contributed by atoms with Crippen LogP contribution in [0.3, 0.4) is 0 Å². The van der Waals surface area contributed by atoms with Crippen LogP contribution in [0.15, 0.2) is 97.6 Å². The van der Waals surface area contributed by atoms with Crippen LogP contribution in [0.5, 0.6) is 0 Å². The Labute approximate surface area is 516 Å². The number of hydrogen-bond donors (Lipinski definition) is 5. The monoisotopic (exact) mass is 1050 g/mol. The Bertz CT molecular complexity index is 3350. The summed E-state index contributed by atoms with van der Waals surface area (Å²) in [6.45, 7) is 12.1. The predicted octanol–water partition coefficient (Wildman–Crippen LogP) is 0.268. The van der Waals surface area contributed by atoms with Gasteiger partial charge in [-0.2, -0.15) is 5.26 Å². The molecule has 0 aliphatic rings. The van der Waals surface area contributed by atoms with Crippen molar-refractivity contribution in [1.29, 1.82) is 5.26 Å². The molecule has 0 aliphatic heterocycles. The molecule has 20 heteroatoms. The van der Waals surface area contributed by atoms with E-state index in [0.717, 1.165) is 72.4 Å². The van der Waals surface area contributed by atoms with Crippen molar-refractivity contribution < 1.29 is 134 Å². The number of nitrogen functional groups attached to an aromatic ring is 2. The van der Waals surface area contributed by atoms with Gasteiger partial charge in [0.05, 0.1) is 22.2 Å². The smallest absolute Gasteiger partial charge is 1.00 e. The van der Waals surface area contributed by atoms with E-state index < -0.39 is 5.91 Å². The summed E-state index contributed by atoms with van der Waals surface area (Å²) < 4.78 is 0. The van der Waals surface area contributed by atoms with Crippen molar-refractivity contribution in [1.82, 2.24) is 40.5 Å². The molecule has 8 N–H and O–H groups in total. The van der Waals surface area contributed by atoms with Crippen molar-refractivity contribution in [3.05, 3.63) is 187 Å². The summed E-state index contributed by atoms with van der Waals surface area (Å²) >= 11 is 0. The number of nitriles is 1. The van der Waals surface area contributed by atoms with E-state index in [1.807, 2.05) is 71.9 Å². The molecule has 6 aromatic heterocycles. The van der Waals surface area contributed by atoms with Gasteiger partial charge in [-0.1, -0.05) is 7.43 Å². The van der Waals surface area contributed by atoms with Crippen LogP contribution in [0, 0.1) is 52.9 Å². The Morgan fingerprint density at radius 2 is 1.11 bits per heavy atom. The van der Waals surface area contributed by atoms with Gasteiger partial charge >= 0.3 is 103 Å². The van der Waals surface area contributed by atoms with Crippen molar-refractivity contribution in [2.24, 2.45) is 5.73 Å². The van der Waals surface area contributed by atoms with Crippen LogP contribution in [0.1, 0.15) is 113 Å². The minimum Gasteiger partial charge on any atom is -1.00 e. The molecule has 2 aromatic carbocycles. The minimum atomic E-state index is -0.535. The maximum Gasteiger partial charge on any atom is 1.00 e. The van der Waals surface area contributed by atoms with Gasteiger partial charge in [0.25, 0.3) is 24.2 Å². The van der Waals surface area contributed by atoms with Crippen LogP contribution >= 0.6 is 0 Å². The summed E-state index contributed by atoms with van der Waals surface area (Å²) in [5, 5.41) is 25.6. The molecular weight excluding hydrogens is 991 g/mol. The van der Waals surface area contributed by atoms with Crippen LogP contribution < -0.4 is 136 Å². The van der Waals surface area contributed by atoms with Crippen molar-refractivity contribution in [3.8, 4) is 6.07 Å². The summed E-state index contributed by atoms with van der Waals surface area (Å²) in [4.78, 5) is 75.0. The van der Waals surface area contributed by atoms with E-state index in [0.29, 0.717) is 76.5 Å². The van der Waals surface area contributed by atoms with Gasteiger partial charge in [-0.05, 0) is 159 Å². The minimum absolute atomic E-state index is 0. The average molecular weight is 1050 g/mol. The molecule has 0 atom stereocenters. The van der Waals surface area contributed by atoms with Gasteiger partial charge in [0.1, 0.15) is 17.7 Å². The Kier molecular flexibility index (Phi) is 24.6. The number of nitrogens with two attached hydrogens (primary N) is 3. The van der Waals surface area contributed by atoms with Gasteiger partial charge in [-0.25, -0.2) is 9.97 Å². The Hall–Kier alpha value is -5.94. The van der Waals surface area contributed by atoms with E-state index >= 15 is 0 Å². The average Bonchev–Trinajstić information content (AvgIpc) is 3.32. The molecule has 0 spiro atoms. The second-order valence-electron chi connectivity index (χ2n) is 16.8. The van der Waals surface area contributed by atoms with Crippen molar-refractivity contribution in [3.63, 3.8) is 0 Å². The third kappa shape index (κ3) is 16.8. The first kappa shape index (κ1) is 62.4. The summed E-state index contributed by atoms with van der Waals surface area (Å²) in [5.41, 5.74) is 31.1. The van der Waals surface area contributed by atoms with Gasteiger partial charge < -0.3 is 39.4 Å². The number of pyridine rings is 6. The molecule has 6 heterocycles. The number of hydrogen-bond acceptors (Lipinski definition) is 15. The maximum absolute atomic E-state index is 12.8. The molecular formula is C54H56K2N12O6. The van der Waals surface area contributed by atoms with Gasteiger partial charge in [-0.3, -0.25) is 39.1 Å². The van der Waals surface area contributed by atoms with Gasteiger partial charge in [0, 0.05) is 95.4 Å². The molecule has 370 valence electrons. The van der Waals surface area contributed by atoms with Crippen LogP contribution in [-0.4, -0.2) is 54.1 Å². The van der Waals surface area contributed by atoms with Crippen LogP contribution in [0.2, 0.25) is 0 Å². The third-order valence-corrected chi connectivity index (χ3v) is 11.3. The topological polar surface area (TPSA) is 304 Å². The second kappa shape index (κ2) is 29.2. The number of amides is 3. The number of benzene rings is 2. The van der Waals surface area contributed by atoms with E-state index in [1.54, 1.807) is 67.3 Å². The van der Waals surface area contributed by atoms with Crippen LogP contribution in [0.25, 0.3) is 21.8 Å². The largest absolute Gasteiger partial charge is 1.00 e. The molecule has 0 saturated carbocycles. The third-order valence-electron chi connectivity index (χ3n) is 11.3. The van der Waals surface area contributed by atoms with Crippen LogP contribution in [0.4, 0.5) is 11.6 Å². The molecule has 0 aliphatic carbocycles. The number of rotatable bonds is 12. The first-order chi connectivity index (χ1) is 34.0. The van der Waals surface area contributed by atoms with Gasteiger partial charge in [-0.15, -0.1) is 0 Å². The second-order valence-corrected chi connectivity index (χ2v) is 16.8. The fourth-order valence-electron chi connectivity index (χ4n) is 8.02. The predicted molar refractivity (Wildman–Crippen MR) is 274 cm³/mol. The van der Waals surface area contributed by atoms with Crippen molar-refractivity contribution in [2.45, 2.75) is 74.9 Å². The number of aromatic nitrogens is 6. The fraction of sp³-hybridized carbons (Fsp3) is 0.204. The number of carbonyl (C=O) groups is 4. The van der Waals surface area contributed by atoms with E-state index in [9.17, 15) is 19.6 Å². The zero-order chi connectivity index (χ0) is 51.4. The number of anilines is 2. The normalized spacial score (nSPS) is 10.1. The number of nitrogens with one attached hydrogen (secondary N) is 2. The number of aryl methyl sites for hydroxylation is 6. The standard InChI is InChI=1S/C26H26N6O2.C26H24N6O.CH2O3.CH4.2K.H/c1-14-6-19-8-17(10-21(25(28)33)24(19)30-12-14)9-20-11-18(4-5-29-20)26(34)31-13-22-15(2)7-23(27)32-16(22)3;1-15-6-20-8-18(9-21(12-27)25(20)30-13-15)10-22-11-19(4-5-29-22)26(33)31-14-23-16(2)7-24(28)32-17(23)3;2-1-4-3;;;;/h4-8,10-12H,9,13H2,1-3H3,(H2,27,32)(H2,28,33)(H,31,34);4-9,11,13H,10,14H2,1-3H3,(H2,28,32)(H,31,33);1,3H;1H4;;;/q;;;;2*+1;-1/p-1. The summed E-state index contributed by atoms with van der Waals surface area (Å²) in [5.74, 6) is -0.00573. The van der Waals surface area contributed by atoms with E-state index in [1.165, 1.54) is 0 Å². The number of fused-ring (bicyclic) bond motifs is 2. The van der Waals surface area contributed by atoms with Gasteiger partial charge in [0.2, 0.25) is 0 Å². The molecule has 0 radical (unpaired) electrons. The number of carbonyl (C=O) groups excluding carboxylic acids is 4. The Morgan fingerprint density at radius 3 is 1.53 bits per heavy atom. The van der Waals surface area contributed by atoms with Crippen molar-refractivity contribution >= 4 is 57.6 Å². The molecule has 0 unspecified atom stereocenters. The molecule has 0 bridgehead atoms. The molecule has 8 aromatic rings. The quantitative estimate of drug-likeness (QED) is 0.0475. The van der Waals surface area contributed by atoms with E-state index in [2.05, 4.69) is 51.5 Å². The zero-order valence-corrected chi connectivity index (χ0v) is 48.2. The Balaban J connectivity index is 0.000000456. The van der Waals surface area contributed by atoms with E-state index in [-0.39, 0.29) is 130 Å². The van der Waals surface area contributed by atoms with Crippen LogP contribution in [-0.2, 0) is 35.6 Å². The van der Waals surface area contributed by atoms with Gasteiger partial charge in [0.15, 0.2) is 0 Å². The summed E-state index contributed by atoms with van der Waals surface area (Å²) in [7, 11) is 0. The molecule has 0 fully saturated rings. The molecule has 74 heavy (non-hydrogen) atoms. The fourth-order valence-corrected chi connectivity index (χ4v) is 8.02. The molecule has 8 rings (SSSR count). The number of nitrogens with zero attached hydrogens (tertiary/aromatic N) is 7. The zero-order valence-electron chi connectivity index (χ0n) is 43.0. The summed E-state index contributed by atoms with van der Waals surface area (Å²) in [6, 6.07) is 24.2. The SMILES string of the molecule is C.Cc1cnc2c(C#N)cc(Cc3cc(C(=O)NCc4c(C)cc(N)nc4C)ccn3)cc2c1.Cc1cnc2c(C(N)=O)cc(Cc3cc(C(=O)NCc4c(C)cc(N)nc4C)ccn3)cc2c1.O=CO[O-].[H-].[K+].[K+]. The first-order valence-corrected chi connectivity index (χ1v) is 22.1. The first-order valence-electron chi connectivity index (χ1n) is 22.1. The molecule has 3 amide bonds. The van der Waals surface area contributed by atoms with E-state index in [4.69, 9.17) is 27.3 Å². The molecule has 0 saturated heterocycles. The maximum atomic E-state index is 12.8. The summed E-state index contributed by atoms with van der Waals surface area (Å²) in [6.07, 6.45) is 7.64. The number of primary amides is 1. The van der Waals surface area contributed by atoms with Crippen molar-refractivity contribution in [2.75, 3.05) is 11.5 Å². The Morgan fingerprint density at radius 1 is 0.676 bits per heavy atom.